The lowest BCUT2D eigenvalue weighted by Crippen LogP contribution is -2.52. The summed E-state index contributed by atoms with van der Waals surface area (Å²) in [6, 6.07) is 1.20. The van der Waals surface area contributed by atoms with Gasteiger partial charge in [-0.05, 0) is 19.3 Å². The van der Waals surface area contributed by atoms with Gasteiger partial charge < -0.3 is 5.32 Å². The summed E-state index contributed by atoms with van der Waals surface area (Å²) in [6.45, 7) is 5.89. The van der Waals surface area contributed by atoms with Gasteiger partial charge >= 0.3 is 0 Å². The van der Waals surface area contributed by atoms with E-state index in [0.29, 0.717) is 18.6 Å². The molecule has 82 valence electrons. The summed E-state index contributed by atoms with van der Waals surface area (Å²) in [6.07, 6.45) is 2.87. The maximum Gasteiger partial charge on any atom is 0.128 e. The van der Waals surface area contributed by atoms with Crippen LogP contribution in [0.2, 0.25) is 0 Å². The smallest absolute Gasteiger partial charge is 0.128 e. The quantitative estimate of drug-likeness (QED) is 0.743. The van der Waals surface area contributed by atoms with Crippen molar-refractivity contribution in [2.45, 2.75) is 57.4 Å². The van der Waals surface area contributed by atoms with E-state index in [1.807, 2.05) is 0 Å². The SMILES string of the molecule is CC(C)NC1CCN(C2CC2)CC1F. The standard InChI is InChI=1S/C11H21FN2/c1-8(2)13-11-5-6-14(7-10(11)12)9-3-4-9/h8-11,13H,3-7H2,1-2H3. The molecular weight excluding hydrogens is 179 g/mol. The molecule has 0 aromatic carbocycles. The number of nitrogens with zero attached hydrogens (tertiary/aromatic N) is 1. The Hall–Kier alpha value is -0.150. The highest BCUT2D eigenvalue weighted by atomic mass is 19.1. The number of likely N-dealkylation sites (tertiary alicyclic amines) is 1. The summed E-state index contributed by atoms with van der Waals surface area (Å²) in [5, 5.41) is 3.31. The first-order valence-corrected chi connectivity index (χ1v) is 5.81. The number of hydrogen-bond donors (Lipinski definition) is 1. The molecule has 0 spiro atoms. The summed E-state index contributed by atoms with van der Waals surface area (Å²) in [4.78, 5) is 2.32. The first-order chi connectivity index (χ1) is 6.66. The summed E-state index contributed by atoms with van der Waals surface area (Å²) in [7, 11) is 0. The van der Waals surface area contributed by atoms with Crippen molar-refractivity contribution in [1.29, 1.82) is 0 Å². The average molecular weight is 200 g/mol. The fraction of sp³-hybridized carbons (Fsp3) is 1.00. The molecule has 0 aromatic rings. The van der Waals surface area contributed by atoms with Gasteiger partial charge in [-0.25, -0.2) is 4.39 Å². The van der Waals surface area contributed by atoms with Gasteiger partial charge in [-0.1, -0.05) is 13.8 Å². The van der Waals surface area contributed by atoms with Gasteiger partial charge in [-0.3, -0.25) is 4.90 Å². The number of hydrogen-bond acceptors (Lipinski definition) is 2. The molecule has 2 fully saturated rings. The maximum absolute atomic E-state index is 13.7. The van der Waals surface area contributed by atoms with Crippen LogP contribution in [0.25, 0.3) is 0 Å². The van der Waals surface area contributed by atoms with E-state index in [1.165, 1.54) is 12.8 Å². The largest absolute Gasteiger partial charge is 0.309 e. The predicted octanol–water partition coefficient (Wildman–Crippen LogP) is 1.56. The Morgan fingerprint density at radius 2 is 2.00 bits per heavy atom. The molecule has 14 heavy (non-hydrogen) atoms. The Kier molecular flexibility index (Phi) is 3.07. The summed E-state index contributed by atoms with van der Waals surface area (Å²) in [5.41, 5.74) is 0. The van der Waals surface area contributed by atoms with Crippen molar-refractivity contribution in [1.82, 2.24) is 10.2 Å². The normalized spacial score (nSPS) is 35.1. The first kappa shape index (κ1) is 10.4. The van der Waals surface area contributed by atoms with Crippen LogP contribution in [-0.4, -0.2) is 42.3 Å². The average Bonchev–Trinajstić information content (AvgIpc) is 2.90. The minimum atomic E-state index is -0.674. The van der Waals surface area contributed by atoms with Crippen LogP contribution in [-0.2, 0) is 0 Å². The molecule has 2 rings (SSSR count). The van der Waals surface area contributed by atoms with Crippen LogP contribution in [0.15, 0.2) is 0 Å². The van der Waals surface area contributed by atoms with Crippen LogP contribution in [0, 0.1) is 0 Å². The first-order valence-electron chi connectivity index (χ1n) is 5.81. The minimum Gasteiger partial charge on any atom is -0.309 e. The zero-order valence-electron chi connectivity index (χ0n) is 9.17. The molecule has 1 heterocycles. The minimum absolute atomic E-state index is 0.0880. The molecule has 2 nitrogen and oxygen atoms in total. The van der Waals surface area contributed by atoms with Crippen molar-refractivity contribution in [3.63, 3.8) is 0 Å². The van der Waals surface area contributed by atoms with Crippen LogP contribution in [0.4, 0.5) is 4.39 Å². The lowest BCUT2D eigenvalue weighted by molar-refractivity contribution is 0.0947. The molecule has 2 atom stereocenters. The van der Waals surface area contributed by atoms with E-state index in [-0.39, 0.29) is 6.04 Å². The number of alkyl halides is 1. The van der Waals surface area contributed by atoms with Gasteiger partial charge in [-0.15, -0.1) is 0 Å². The Bertz CT molecular complexity index is 192. The molecule has 0 aromatic heterocycles. The van der Waals surface area contributed by atoms with Crippen molar-refractivity contribution in [3.8, 4) is 0 Å². The molecule has 1 N–H and O–H groups in total. The molecule has 1 saturated carbocycles. The van der Waals surface area contributed by atoms with E-state index in [1.54, 1.807) is 0 Å². The molecule has 0 amide bonds. The lowest BCUT2D eigenvalue weighted by Gasteiger charge is -2.36. The van der Waals surface area contributed by atoms with Crippen LogP contribution in [0.3, 0.4) is 0 Å². The second-order valence-electron chi connectivity index (χ2n) is 4.96. The molecule has 2 aliphatic rings. The molecule has 0 bridgehead atoms. The summed E-state index contributed by atoms with van der Waals surface area (Å²) >= 11 is 0. The second kappa shape index (κ2) is 4.15. The third kappa shape index (κ3) is 2.45. The van der Waals surface area contributed by atoms with Crippen LogP contribution in [0.1, 0.15) is 33.1 Å². The highest BCUT2D eigenvalue weighted by Gasteiger charge is 2.36. The molecule has 1 aliphatic heterocycles. The molecule has 2 unspecified atom stereocenters. The van der Waals surface area contributed by atoms with E-state index < -0.39 is 6.17 Å². The molecule has 3 heteroatoms. The fourth-order valence-corrected chi connectivity index (χ4v) is 2.32. The highest BCUT2D eigenvalue weighted by Crippen LogP contribution is 2.30. The molecule has 0 radical (unpaired) electrons. The van der Waals surface area contributed by atoms with Crippen LogP contribution in [0.5, 0.6) is 0 Å². The van der Waals surface area contributed by atoms with Crippen molar-refractivity contribution in [3.05, 3.63) is 0 Å². The van der Waals surface area contributed by atoms with Crippen LogP contribution >= 0.6 is 0 Å². The van der Waals surface area contributed by atoms with Gasteiger partial charge in [0.15, 0.2) is 0 Å². The fourth-order valence-electron chi connectivity index (χ4n) is 2.32. The lowest BCUT2D eigenvalue weighted by atomic mass is 10.0. The van der Waals surface area contributed by atoms with Crippen molar-refractivity contribution in [2.24, 2.45) is 0 Å². The van der Waals surface area contributed by atoms with E-state index in [9.17, 15) is 4.39 Å². The number of piperidine rings is 1. The zero-order valence-corrected chi connectivity index (χ0v) is 9.17. The molecular formula is C11H21FN2. The number of nitrogens with one attached hydrogen (secondary N) is 1. The van der Waals surface area contributed by atoms with Gasteiger partial charge in [0.2, 0.25) is 0 Å². The summed E-state index contributed by atoms with van der Waals surface area (Å²) in [5.74, 6) is 0. The van der Waals surface area contributed by atoms with E-state index in [4.69, 9.17) is 0 Å². The topological polar surface area (TPSA) is 15.3 Å². The Morgan fingerprint density at radius 3 is 2.50 bits per heavy atom. The van der Waals surface area contributed by atoms with Crippen molar-refractivity contribution in [2.75, 3.05) is 13.1 Å². The third-order valence-corrected chi connectivity index (χ3v) is 3.18. The zero-order chi connectivity index (χ0) is 10.1. The van der Waals surface area contributed by atoms with E-state index in [2.05, 4.69) is 24.1 Å². The van der Waals surface area contributed by atoms with E-state index in [0.717, 1.165) is 13.0 Å². The Labute approximate surface area is 85.9 Å². The monoisotopic (exact) mass is 200 g/mol. The number of halogens is 1. The maximum atomic E-state index is 13.7. The molecule has 1 saturated heterocycles. The van der Waals surface area contributed by atoms with Gasteiger partial charge in [0, 0.05) is 31.2 Å². The van der Waals surface area contributed by atoms with Crippen molar-refractivity contribution < 1.29 is 4.39 Å². The Balaban J connectivity index is 1.80. The molecule has 1 aliphatic carbocycles. The van der Waals surface area contributed by atoms with E-state index >= 15 is 0 Å². The van der Waals surface area contributed by atoms with Crippen molar-refractivity contribution >= 4 is 0 Å². The second-order valence-corrected chi connectivity index (χ2v) is 4.96. The van der Waals surface area contributed by atoms with Gasteiger partial charge in [-0.2, -0.15) is 0 Å². The van der Waals surface area contributed by atoms with Gasteiger partial charge in [0.1, 0.15) is 6.17 Å². The number of rotatable bonds is 3. The van der Waals surface area contributed by atoms with Gasteiger partial charge in [0.25, 0.3) is 0 Å². The Morgan fingerprint density at radius 1 is 1.29 bits per heavy atom. The summed E-state index contributed by atoms with van der Waals surface area (Å²) < 4.78 is 13.7. The van der Waals surface area contributed by atoms with Gasteiger partial charge in [0.05, 0.1) is 0 Å². The van der Waals surface area contributed by atoms with Crippen LogP contribution < -0.4 is 5.32 Å². The highest BCUT2D eigenvalue weighted by molar-refractivity contribution is 4.93. The third-order valence-electron chi connectivity index (χ3n) is 3.18. The predicted molar refractivity (Wildman–Crippen MR) is 56.2 cm³/mol.